The van der Waals surface area contributed by atoms with E-state index in [1.165, 1.54) is 12.3 Å². The van der Waals surface area contributed by atoms with E-state index in [0.717, 1.165) is 22.7 Å². The zero-order valence-corrected chi connectivity index (χ0v) is 11.9. The van der Waals surface area contributed by atoms with E-state index < -0.39 is 16.8 Å². The molecule has 0 bridgehead atoms. The SMILES string of the molecule is O=C(Nc1ccc(Br)cn1)Nc1cc([N+](=O)[O-])ccc1F. The highest BCUT2D eigenvalue weighted by Crippen LogP contribution is 2.21. The average molecular weight is 355 g/mol. The van der Waals surface area contributed by atoms with Crippen molar-refractivity contribution in [3.8, 4) is 0 Å². The Morgan fingerprint density at radius 2 is 2.05 bits per heavy atom. The van der Waals surface area contributed by atoms with E-state index in [1.54, 1.807) is 6.07 Å². The first kappa shape index (κ1) is 14.9. The molecule has 0 radical (unpaired) electrons. The van der Waals surface area contributed by atoms with Gasteiger partial charge in [0, 0.05) is 22.8 Å². The Bertz CT molecular complexity index is 693. The minimum atomic E-state index is -0.778. The number of urea groups is 1. The van der Waals surface area contributed by atoms with Crippen molar-refractivity contribution in [2.75, 3.05) is 10.6 Å². The number of nitro groups is 1. The fourth-order valence-corrected chi connectivity index (χ4v) is 1.68. The number of nitrogens with zero attached hydrogens (tertiary/aromatic N) is 2. The van der Waals surface area contributed by atoms with Crippen molar-refractivity contribution < 1.29 is 14.1 Å². The number of pyridine rings is 1. The number of rotatable bonds is 3. The van der Waals surface area contributed by atoms with Gasteiger partial charge >= 0.3 is 6.03 Å². The van der Waals surface area contributed by atoms with Gasteiger partial charge in [0.05, 0.1) is 10.6 Å². The number of anilines is 2. The molecule has 0 fully saturated rings. The van der Waals surface area contributed by atoms with Crippen molar-refractivity contribution in [1.29, 1.82) is 0 Å². The minimum Gasteiger partial charge on any atom is -0.305 e. The summed E-state index contributed by atoms with van der Waals surface area (Å²) in [5.41, 5.74) is -0.618. The molecule has 9 heteroatoms. The van der Waals surface area contributed by atoms with Crippen LogP contribution in [0.5, 0.6) is 0 Å². The Balaban J connectivity index is 2.10. The lowest BCUT2D eigenvalue weighted by atomic mass is 10.2. The Hall–Kier alpha value is -2.55. The van der Waals surface area contributed by atoms with Crippen LogP contribution in [0.25, 0.3) is 0 Å². The molecule has 0 unspecified atom stereocenters. The van der Waals surface area contributed by atoms with E-state index in [2.05, 4.69) is 31.5 Å². The lowest BCUT2D eigenvalue weighted by Crippen LogP contribution is -2.20. The lowest BCUT2D eigenvalue weighted by molar-refractivity contribution is -0.384. The zero-order valence-electron chi connectivity index (χ0n) is 10.3. The van der Waals surface area contributed by atoms with Crippen LogP contribution in [0.2, 0.25) is 0 Å². The summed E-state index contributed by atoms with van der Waals surface area (Å²) in [5.74, 6) is -0.527. The molecule has 21 heavy (non-hydrogen) atoms. The van der Waals surface area contributed by atoms with Gasteiger partial charge in [-0.2, -0.15) is 0 Å². The van der Waals surface area contributed by atoms with Crippen molar-refractivity contribution in [3.63, 3.8) is 0 Å². The first-order valence-corrected chi connectivity index (χ1v) is 6.38. The summed E-state index contributed by atoms with van der Waals surface area (Å²) in [6.45, 7) is 0. The molecule has 2 rings (SSSR count). The van der Waals surface area contributed by atoms with Crippen LogP contribution in [-0.2, 0) is 0 Å². The molecule has 0 aliphatic rings. The summed E-state index contributed by atoms with van der Waals surface area (Å²) in [6.07, 6.45) is 1.48. The number of benzene rings is 1. The van der Waals surface area contributed by atoms with E-state index in [4.69, 9.17) is 0 Å². The maximum atomic E-state index is 13.5. The Morgan fingerprint density at radius 3 is 2.67 bits per heavy atom. The quantitative estimate of drug-likeness (QED) is 0.650. The van der Waals surface area contributed by atoms with Crippen LogP contribution in [0, 0.1) is 15.9 Å². The van der Waals surface area contributed by atoms with Crippen LogP contribution in [0.3, 0.4) is 0 Å². The van der Waals surface area contributed by atoms with Crippen LogP contribution in [0.1, 0.15) is 0 Å². The summed E-state index contributed by atoms with van der Waals surface area (Å²) in [5, 5.41) is 15.2. The summed E-state index contributed by atoms with van der Waals surface area (Å²) in [6, 6.07) is 5.29. The van der Waals surface area contributed by atoms with E-state index in [1.807, 2.05) is 0 Å². The van der Waals surface area contributed by atoms with Gasteiger partial charge in [-0.25, -0.2) is 14.2 Å². The number of carbonyl (C=O) groups excluding carboxylic acids is 1. The molecule has 2 aromatic rings. The first-order chi connectivity index (χ1) is 9.95. The number of carbonyl (C=O) groups is 1. The number of hydrogen-bond donors (Lipinski definition) is 2. The molecule has 0 aliphatic heterocycles. The number of hydrogen-bond acceptors (Lipinski definition) is 4. The number of non-ortho nitro benzene ring substituents is 1. The predicted octanol–water partition coefficient (Wildman–Crippen LogP) is 3.54. The Morgan fingerprint density at radius 1 is 1.29 bits per heavy atom. The second-order valence-electron chi connectivity index (χ2n) is 3.86. The van der Waals surface area contributed by atoms with Gasteiger partial charge in [0.2, 0.25) is 0 Å². The standard InChI is InChI=1S/C12H8BrFN4O3/c13-7-1-4-11(15-6-7)17-12(19)16-10-5-8(18(20)21)2-3-9(10)14/h1-6H,(H2,15,16,17,19). The van der Waals surface area contributed by atoms with E-state index in [0.29, 0.717) is 0 Å². The summed E-state index contributed by atoms with van der Waals surface area (Å²) < 4.78 is 14.2. The molecular formula is C12H8BrFN4O3. The van der Waals surface area contributed by atoms with E-state index in [9.17, 15) is 19.3 Å². The molecule has 108 valence electrons. The molecule has 0 saturated carbocycles. The third-order valence-corrected chi connectivity index (χ3v) is 2.85. The topological polar surface area (TPSA) is 97.2 Å². The molecule has 1 aromatic carbocycles. The highest BCUT2D eigenvalue weighted by molar-refractivity contribution is 9.10. The smallest absolute Gasteiger partial charge is 0.305 e. The van der Waals surface area contributed by atoms with Crippen LogP contribution in [-0.4, -0.2) is 15.9 Å². The summed E-state index contributed by atoms with van der Waals surface area (Å²) >= 11 is 3.19. The third kappa shape index (κ3) is 3.96. The van der Waals surface area contributed by atoms with Gasteiger partial charge in [0.1, 0.15) is 11.6 Å². The second kappa shape index (κ2) is 6.27. The van der Waals surface area contributed by atoms with Gasteiger partial charge in [0.25, 0.3) is 5.69 Å². The Kier molecular flexibility index (Phi) is 4.43. The molecule has 0 aliphatic carbocycles. The third-order valence-electron chi connectivity index (χ3n) is 2.38. The van der Waals surface area contributed by atoms with E-state index >= 15 is 0 Å². The van der Waals surface area contributed by atoms with Gasteiger partial charge < -0.3 is 5.32 Å². The number of aromatic nitrogens is 1. The number of halogens is 2. The van der Waals surface area contributed by atoms with E-state index in [-0.39, 0.29) is 17.2 Å². The number of amides is 2. The monoisotopic (exact) mass is 354 g/mol. The van der Waals surface area contributed by atoms with Crippen molar-refractivity contribution in [2.45, 2.75) is 0 Å². The first-order valence-electron chi connectivity index (χ1n) is 5.59. The lowest BCUT2D eigenvalue weighted by Gasteiger charge is -2.07. The average Bonchev–Trinajstić information content (AvgIpc) is 2.43. The van der Waals surface area contributed by atoms with Gasteiger partial charge in [-0.05, 0) is 34.1 Å². The minimum absolute atomic E-state index is 0.251. The fraction of sp³-hybridized carbons (Fsp3) is 0. The molecule has 2 N–H and O–H groups in total. The molecule has 2 amide bonds. The summed E-state index contributed by atoms with van der Waals surface area (Å²) in [7, 11) is 0. The largest absolute Gasteiger partial charge is 0.324 e. The van der Waals surface area contributed by atoms with Crippen molar-refractivity contribution in [1.82, 2.24) is 4.98 Å². The molecule has 0 saturated heterocycles. The molecule has 0 spiro atoms. The number of nitro benzene ring substituents is 1. The van der Waals surface area contributed by atoms with Crippen LogP contribution in [0.15, 0.2) is 41.0 Å². The van der Waals surface area contributed by atoms with Gasteiger partial charge in [-0.15, -0.1) is 0 Å². The molecule has 7 nitrogen and oxygen atoms in total. The molecular weight excluding hydrogens is 347 g/mol. The van der Waals surface area contributed by atoms with Crippen LogP contribution in [0.4, 0.5) is 26.4 Å². The molecule has 1 heterocycles. The zero-order chi connectivity index (χ0) is 15.4. The molecule has 1 aromatic heterocycles. The van der Waals surface area contributed by atoms with Gasteiger partial charge in [-0.3, -0.25) is 15.4 Å². The molecule has 0 atom stereocenters. The van der Waals surface area contributed by atoms with Crippen molar-refractivity contribution >= 4 is 39.2 Å². The fourth-order valence-electron chi connectivity index (χ4n) is 1.44. The highest BCUT2D eigenvalue weighted by atomic mass is 79.9. The maximum absolute atomic E-state index is 13.5. The van der Waals surface area contributed by atoms with Crippen molar-refractivity contribution in [2.24, 2.45) is 0 Å². The second-order valence-corrected chi connectivity index (χ2v) is 4.78. The van der Waals surface area contributed by atoms with Gasteiger partial charge in [-0.1, -0.05) is 0 Å². The summed E-state index contributed by atoms with van der Waals surface area (Å²) in [4.78, 5) is 25.5. The van der Waals surface area contributed by atoms with Crippen LogP contribution < -0.4 is 10.6 Å². The van der Waals surface area contributed by atoms with Crippen molar-refractivity contribution in [3.05, 3.63) is 56.9 Å². The highest BCUT2D eigenvalue weighted by Gasteiger charge is 2.13. The van der Waals surface area contributed by atoms with Crippen LogP contribution >= 0.6 is 15.9 Å². The normalized spacial score (nSPS) is 10.0. The number of nitrogens with one attached hydrogen (secondary N) is 2. The van der Waals surface area contributed by atoms with Gasteiger partial charge in [0.15, 0.2) is 0 Å². The maximum Gasteiger partial charge on any atom is 0.324 e. The predicted molar refractivity (Wildman–Crippen MR) is 77.6 cm³/mol. The Labute approximate surface area is 126 Å².